The Labute approximate surface area is 124 Å². The zero-order valence-corrected chi connectivity index (χ0v) is 12.7. The Morgan fingerprint density at radius 1 is 1.32 bits per heavy atom. The third-order valence-electron chi connectivity index (χ3n) is 3.37. The number of likely N-dealkylation sites (N-methyl/N-ethyl adjacent to an activating group) is 1. The van der Waals surface area contributed by atoms with Gasteiger partial charge in [0.05, 0.1) is 10.0 Å². The molecule has 3 nitrogen and oxygen atoms in total. The van der Waals surface area contributed by atoms with Crippen LogP contribution in [-0.4, -0.2) is 42.4 Å². The predicted molar refractivity (Wildman–Crippen MR) is 78.6 cm³/mol. The number of likely N-dealkylation sites (tertiary alicyclic amines) is 1. The average Bonchev–Trinajstić information content (AvgIpc) is 2.66. The van der Waals surface area contributed by atoms with Gasteiger partial charge in [0.1, 0.15) is 0 Å². The van der Waals surface area contributed by atoms with Crippen LogP contribution in [0.25, 0.3) is 0 Å². The Balaban J connectivity index is 2.10. The molecule has 1 aromatic carbocycles. The number of nitrogens with zero attached hydrogens (tertiary/aromatic N) is 2. The van der Waals surface area contributed by atoms with E-state index < -0.39 is 0 Å². The molecule has 0 radical (unpaired) electrons. The molecular formula is C14H18Cl2N2O. The highest BCUT2D eigenvalue weighted by Gasteiger charge is 2.31. The summed E-state index contributed by atoms with van der Waals surface area (Å²) in [5.41, 5.74) is 1.02. The first-order valence-electron chi connectivity index (χ1n) is 6.35. The largest absolute Gasteiger partial charge is 0.334 e. The van der Waals surface area contributed by atoms with Gasteiger partial charge in [-0.3, -0.25) is 4.79 Å². The van der Waals surface area contributed by atoms with Crippen LogP contribution in [0.2, 0.25) is 10.0 Å². The van der Waals surface area contributed by atoms with Crippen LogP contribution in [0.1, 0.15) is 18.4 Å². The van der Waals surface area contributed by atoms with Gasteiger partial charge in [0, 0.05) is 25.6 Å². The minimum atomic E-state index is 0.220. The van der Waals surface area contributed by atoms with E-state index in [0.717, 1.165) is 18.5 Å². The van der Waals surface area contributed by atoms with Crippen molar-refractivity contribution in [1.82, 2.24) is 9.80 Å². The van der Waals surface area contributed by atoms with E-state index in [0.29, 0.717) is 23.0 Å². The number of rotatable bonds is 4. The summed E-state index contributed by atoms with van der Waals surface area (Å²) in [5, 5.41) is 1.08. The fourth-order valence-corrected chi connectivity index (χ4v) is 2.78. The van der Waals surface area contributed by atoms with E-state index in [2.05, 4.69) is 4.90 Å². The number of carbonyl (C=O) groups excluding carboxylic acids is 1. The molecule has 5 heteroatoms. The molecule has 1 atom stereocenters. The normalized spacial score (nSPS) is 19.5. The van der Waals surface area contributed by atoms with Crippen molar-refractivity contribution in [2.45, 2.75) is 25.4 Å². The van der Waals surface area contributed by atoms with Gasteiger partial charge in [-0.25, -0.2) is 0 Å². The number of hydrogen-bond acceptors (Lipinski definition) is 2. The van der Waals surface area contributed by atoms with Crippen molar-refractivity contribution in [3.63, 3.8) is 0 Å². The molecule has 19 heavy (non-hydrogen) atoms. The van der Waals surface area contributed by atoms with Crippen LogP contribution >= 0.6 is 23.2 Å². The van der Waals surface area contributed by atoms with Crippen molar-refractivity contribution >= 4 is 29.1 Å². The van der Waals surface area contributed by atoms with Gasteiger partial charge in [-0.2, -0.15) is 0 Å². The predicted octanol–water partition coefficient (Wildman–Crippen LogP) is 3.05. The second-order valence-corrected chi connectivity index (χ2v) is 6.04. The molecule has 0 aromatic heterocycles. The maximum Gasteiger partial charge on any atom is 0.223 e. The van der Waals surface area contributed by atoms with Crippen LogP contribution in [0, 0.1) is 0 Å². The standard InChI is InChI=1S/C14H18Cl2N2O/c1-17(2)9-11-4-6-14(19)18(11)8-10-3-5-12(15)13(16)7-10/h3,5,7,11H,4,6,8-9H2,1-2H3. The highest BCUT2D eigenvalue weighted by Crippen LogP contribution is 2.26. The molecule has 0 saturated carbocycles. The zero-order chi connectivity index (χ0) is 14.0. The molecular weight excluding hydrogens is 283 g/mol. The molecule has 0 spiro atoms. The minimum absolute atomic E-state index is 0.220. The molecule has 104 valence electrons. The first kappa shape index (κ1) is 14.6. The molecule has 1 aliphatic heterocycles. The van der Waals surface area contributed by atoms with Gasteiger partial charge in [0.25, 0.3) is 0 Å². The van der Waals surface area contributed by atoms with E-state index in [-0.39, 0.29) is 11.9 Å². The van der Waals surface area contributed by atoms with Gasteiger partial charge in [0.2, 0.25) is 5.91 Å². The molecule has 1 amide bonds. The second kappa shape index (κ2) is 6.12. The van der Waals surface area contributed by atoms with Gasteiger partial charge in [-0.05, 0) is 38.2 Å². The average molecular weight is 301 g/mol. The lowest BCUT2D eigenvalue weighted by Crippen LogP contribution is -2.39. The van der Waals surface area contributed by atoms with E-state index in [1.54, 1.807) is 6.07 Å². The molecule has 1 heterocycles. The van der Waals surface area contributed by atoms with E-state index in [4.69, 9.17) is 23.2 Å². The van der Waals surface area contributed by atoms with Gasteiger partial charge < -0.3 is 9.80 Å². The smallest absolute Gasteiger partial charge is 0.223 e. The topological polar surface area (TPSA) is 23.6 Å². The number of hydrogen-bond donors (Lipinski definition) is 0. The lowest BCUT2D eigenvalue weighted by atomic mass is 10.1. The quantitative estimate of drug-likeness (QED) is 0.853. The van der Waals surface area contributed by atoms with Crippen molar-refractivity contribution in [2.24, 2.45) is 0 Å². The zero-order valence-electron chi connectivity index (χ0n) is 11.2. The van der Waals surface area contributed by atoms with Crippen LogP contribution in [-0.2, 0) is 11.3 Å². The monoisotopic (exact) mass is 300 g/mol. The summed E-state index contributed by atoms with van der Waals surface area (Å²) in [4.78, 5) is 16.0. The van der Waals surface area contributed by atoms with Crippen molar-refractivity contribution in [3.8, 4) is 0 Å². The molecule has 1 aromatic rings. The molecule has 1 unspecified atom stereocenters. The highest BCUT2D eigenvalue weighted by atomic mass is 35.5. The van der Waals surface area contributed by atoms with E-state index in [1.807, 2.05) is 31.1 Å². The fourth-order valence-electron chi connectivity index (χ4n) is 2.46. The van der Waals surface area contributed by atoms with Gasteiger partial charge in [-0.1, -0.05) is 29.3 Å². The molecule has 0 aliphatic carbocycles. The van der Waals surface area contributed by atoms with Crippen LogP contribution < -0.4 is 0 Å². The summed E-state index contributed by atoms with van der Waals surface area (Å²) < 4.78 is 0. The van der Waals surface area contributed by atoms with Crippen LogP contribution in [0.15, 0.2) is 18.2 Å². The van der Waals surface area contributed by atoms with Crippen LogP contribution in [0.4, 0.5) is 0 Å². The summed E-state index contributed by atoms with van der Waals surface area (Å²) >= 11 is 11.9. The van der Waals surface area contributed by atoms with Crippen molar-refractivity contribution in [1.29, 1.82) is 0 Å². The molecule has 0 bridgehead atoms. The summed E-state index contributed by atoms with van der Waals surface area (Å²) in [6.07, 6.45) is 1.57. The maximum absolute atomic E-state index is 12.0. The first-order valence-corrected chi connectivity index (χ1v) is 7.11. The van der Waals surface area contributed by atoms with Crippen molar-refractivity contribution in [2.75, 3.05) is 20.6 Å². The maximum atomic E-state index is 12.0. The number of carbonyl (C=O) groups is 1. The van der Waals surface area contributed by atoms with Crippen LogP contribution in [0.5, 0.6) is 0 Å². The Hall–Kier alpha value is -0.770. The number of benzene rings is 1. The highest BCUT2D eigenvalue weighted by molar-refractivity contribution is 6.42. The van der Waals surface area contributed by atoms with E-state index in [9.17, 15) is 4.79 Å². The Morgan fingerprint density at radius 3 is 2.68 bits per heavy atom. The van der Waals surface area contributed by atoms with Gasteiger partial charge in [0.15, 0.2) is 0 Å². The van der Waals surface area contributed by atoms with Gasteiger partial charge >= 0.3 is 0 Å². The third-order valence-corrected chi connectivity index (χ3v) is 4.10. The molecule has 1 aliphatic rings. The minimum Gasteiger partial charge on any atom is -0.334 e. The lowest BCUT2D eigenvalue weighted by molar-refractivity contribution is -0.129. The summed E-state index contributed by atoms with van der Waals surface area (Å²) in [6, 6.07) is 5.83. The Bertz CT molecular complexity index is 477. The van der Waals surface area contributed by atoms with Crippen molar-refractivity contribution in [3.05, 3.63) is 33.8 Å². The summed E-state index contributed by atoms with van der Waals surface area (Å²) in [6.45, 7) is 1.50. The summed E-state index contributed by atoms with van der Waals surface area (Å²) in [7, 11) is 4.06. The van der Waals surface area contributed by atoms with E-state index >= 15 is 0 Å². The van der Waals surface area contributed by atoms with E-state index in [1.165, 1.54) is 0 Å². The summed E-state index contributed by atoms with van der Waals surface area (Å²) in [5.74, 6) is 0.220. The lowest BCUT2D eigenvalue weighted by Gasteiger charge is -2.27. The SMILES string of the molecule is CN(C)CC1CCC(=O)N1Cc1ccc(Cl)c(Cl)c1. The molecule has 0 N–H and O–H groups in total. The van der Waals surface area contributed by atoms with Gasteiger partial charge in [-0.15, -0.1) is 0 Å². The number of halogens is 2. The van der Waals surface area contributed by atoms with Crippen molar-refractivity contribution < 1.29 is 4.79 Å². The molecule has 1 fully saturated rings. The Morgan fingerprint density at radius 2 is 2.05 bits per heavy atom. The fraction of sp³-hybridized carbons (Fsp3) is 0.500. The first-order chi connectivity index (χ1) is 8.97. The Kier molecular flexibility index (Phi) is 4.71. The molecule has 1 saturated heterocycles. The van der Waals surface area contributed by atoms with Crippen LogP contribution in [0.3, 0.4) is 0 Å². The third kappa shape index (κ3) is 3.62. The molecule has 2 rings (SSSR count). The number of amides is 1. The second-order valence-electron chi connectivity index (χ2n) is 5.22.